The van der Waals surface area contributed by atoms with E-state index in [4.69, 9.17) is 5.73 Å². The summed E-state index contributed by atoms with van der Waals surface area (Å²) < 4.78 is 0. The van der Waals surface area contributed by atoms with E-state index < -0.39 is 6.04 Å². The van der Waals surface area contributed by atoms with Crippen molar-refractivity contribution in [1.82, 2.24) is 9.88 Å². The number of carbonyl (C=O) groups excluding carboxylic acids is 2. The standard InChI is InChI=1S/C23H29N5O2/c24-13-18-7-4-10-28(18)23(30)20(25)11-16-14-26-21-9-8-17(12-19(16)21)27-22(29)15-5-2-1-3-6-15/h8-9,12,14-15,18,20,26H,1-7,10-11,25H2,(H,27,29). The van der Waals surface area contributed by atoms with Crippen molar-refractivity contribution in [2.45, 2.75) is 63.5 Å². The van der Waals surface area contributed by atoms with Gasteiger partial charge in [-0.3, -0.25) is 9.59 Å². The van der Waals surface area contributed by atoms with Gasteiger partial charge in [-0.25, -0.2) is 0 Å². The summed E-state index contributed by atoms with van der Waals surface area (Å²) in [6.45, 7) is 0.593. The lowest BCUT2D eigenvalue weighted by molar-refractivity contribution is -0.132. The van der Waals surface area contributed by atoms with Crippen LogP contribution in [0.2, 0.25) is 0 Å². The molecule has 1 aromatic heterocycles. The molecule has 2 unspecified atom stereocenters. The zero-order valence-corrected chi connectivity index (χ0v) is 17.2. The predicted molar refractivity (Wildman–Crippen MR) is 116 cm³/mol. The van der Waals surface area contributed by atoms with E-state index in [0.717, 1.165) is 54.3 Å². The molecule has 30 heavy (non-hydrogen) atoms. The van der Waals surface area contributed by atoms with Gasteiger partial charge in [-0.15, -0.1) is 0 Å². The first-order valence-corrected chi connectivity index (χ1v) is 10.9. The van der Waals surface area contributed by atoms with Crippen LogP contribution in [-0.4, -0.2) is 40.3 Å². The highest BCUT2D eigenvalue weighted by Crippen LogP contribution is 2.27. The summed E-state index contributed by atoms with van der Waals surface area (Å²) in [7, 11) is 0. The van der Waals surface area contributed by atoms with Crippen molar-refractivity contribution in [3.05, 3.63) is 30.0 Å². The van der Waals surface area contributed by atoms with Crippen molar-refractivity contribution in [3.8, 4) is 6.07 Å². The highest BCUT2D eigenvalue weighted by molar-refractivity contribution is 5.96. The molecule has 158 valence electrons. The van der Waals surface area contributed by atoms with E-state index in [1.54, 1.807) is 4.90 Å². The fourth-order valence-corrected chi connectivity index (χ4v) is 4.74. The highest BCUT2D eigenvalue weighted by atomic mass is 16.2. The SMILES string of the molecule is N#CC1CCCN1C(=O)C(N)Cc1c[nH]c2ccc(NC(=O)C3CCCCC3)cc12. The molecular formula is C23H29N5O2. The molecule has 0 bridgehead atoms. The lowest BCUT2D eigenvalue weighted by Crippen LogP contribution is -2.46. The lowest BCUT2D eigenvalue weighted by atomic mass is 9.88. The number of amides is 2. The van der Waals surface area contributed by atoms with Gasteiger partial charge >= 0.3 is 0 Å². The van der Waals surface area contributed by atoms with Crippen LogP contribution in [0.3, 0.4) is 0 Å². The molecule has 7 heteroatoms. The molecule has 0 spiro atoms. The lowest BCUT2D eigenvalue weighted by Gasteiger charge is -2.23. The zero-order valence-electron chi connectivity index (χ0n) is 17.2. The van der Waals surface area contributed by atoms with Gasteiger partial charge in [0.1, 0.15) is 6.04 Å². The molecular weight excluding hydrogens is 378 g/mol. The maximum atomic E-state index is 12.7. The van der Waals surface area contributed by atoms with Gasteiger partial charge in [0.25, 0.3) is 0 Å². The molecule has 4 N–H and O–H groups in total. The summed E-state index contributed by atoms with van der Waals surface area (Å²) >= 11 is 0. The van der Waals surface area contributed by atoms with Crippen molar-refractivity contribution in [2.75, 3.05) is 11.9 Å². The molecule has 1 aliphatic heterocycles. The number of anilines is 1. The van der Waals surface area contributed by atoms with E-state index in [-0.39, 0.29) is 23.8 Å². The summed E-state index contributed by atoms with van der Waals surface area (Å²) in [5.74, 6) is 0.0180. The summed E-state index contributed by atoms with van der Waals surface area (Å²) in [5.41, 5.74) is 8.87. The van der Waals surface area contributed by atoms with Crippen molar-refractivity contribution in [2.24, 2.45) is 11.7 Å². The molecule has 1 saturated carbocycles. The van der Waals surface area contributed by atoms with Crippen LogP contribution in [0.5, 0.6) is 0 Å². The number of nitrogens with two attached hydrogens (primary N) is 1. The number of nitriles is 1. The second-order valence-corrected chi connectivity index (χ2v) is 8.53. The number of hydrogen-bond donors (Lipinski definition) is 3. The number of carbonyl (C=O) groups is 2. The van der Waals surface area contributed by atoms with Crippen LogP contribution in [0.1, 0.15) is 50.5 Å². The Morgan fingerprint density at radius 3 is 2.80 bits per heavy atom. The molecule has 1 saturated heterocycles. The van der Waals surface area contributed by atoms with Crippen LogP contribution in [-0.2, 0) is 16.0 Å². The molecule has 0 radical (unpaired) electrons. The minimum Gasteiger partial charge on any atom is -0.361 e. The third kappa shape index (κ3) is 4.19. The van der Waals surface area contributed by atoms with Gasteiger partial charge < -0.3 is 20.9 Å². The third-order valence-electron chi connectivity index (χ3n) is 6.45. The van der Waals surface area contributed by atoms with Gasteiger partial charge in [0, 0.05) is 35.2 Å². The molecule has 2 fully saturated rings. The molecule has 7 nitrogen and oxygen atoms in total. The highest BCUT2D eigenvalue weighted by Gasteiger charge is 2.32. The van der Waals surface area contributed by atoms with E-state index in [1.165, 1.54) is 6.42 Å². The van der Waals surface area contributed by atoms with Gasteiger partial charge in [0.2, 0.25) is 11.8 Å². The number of likely N-dealkylation sites (tertiary alicyclic amines) is 1. The maximum Gasteiger partial charge on any atom is 0.240 e. The van der Waals surface area contributed by atoms with E-state index in [2.05, 4.69) is 16.4 Å². The first kappa shape index (κ1) is 20.4. The fourth-order valence-electron chi connectivity index (χ4n) is 4.74. The molecule has 1 aromatic carbocycles. The number of hydrogen-bond acceptors (Lipinski definition) is 4. The topological polar surface area (TPSA) is 115 Å². The first-order valence-electron chi connectivity index (χ1n) is 10.9. The molecule has 2 aliphatic rings. The number of H-pyrrole nitrogens is 1. The number of nitrogens with one attached hydrogen (secondary N) is 2. The number of nitrogens with zero attached hydrogens (tertiary/aromatic N) is 2. The minimum atomic E-state index is -0.696. The molecule has 4 rings (SSSR count). The second-order valence-electron chi connectivity index (χ2n) is 8.53. The van der Waals surface area contributed by atoms with Crippen LogP contribution in [0.4, 0.5) is 5.69 Å². The van der Waals surface area contributed by atoms with Crippen LogP contribution < -0.4 is 11.1 Å². The van der Waals surface area contributed by atoms with E-state index >= 15 is 0 Å². The summed E-state index contributed by atoms with van der Waals surface area (Å²) in [6, 6.07) is 6.92. The second kappa shape index (κ2) is 8.88. The Kier molecular flexibility index (Phi) is 6.05. The van der Waals surface area contributed by atoms with Gasteiger partial charge in [-0.1, -0.05) is 19.3 Å². The Bertz CT molecular complexity index is 970. The molecule has 2 atom stereocenters. The minimum absolute atomic E-state index is 0.0922. The van der Waals surface area contributed by atoms with Crippen LogP contribution in [0.15, 0.2) is 24.4 Å². The fraction of sp³-hybridized carbons (Fsp3) is 0.522. The maximum absolute atomic E-state index is 12.7. The van der Waals surface area contributed by atoms with Crippen molar-refractivity contribution < 1.29 is 9.59 Å². The smallest absolute Gasteiger partial charge is 0.240 e. The molecule has 2 aromatic rings. The van der Waals surface area contributed by atoms with Gasteiger partial charge in [-0.2, -0.15) is 5.26 Å². The average molecular weight is 408 g/mol. The van der Waals surface area contributed by atoms with Gasteiger partial charge in [0.05, 0.1) is 12.1 Å². The van der Waals surface area contributed by atoms with E-state index in [9.17, 15) is 14.9 Å². The Morgan fingerprint density at radius 2 is 2.03 bits per heavy atom. The van der Waals surface area contributed by atoms with Crippen LogP contribution in [0.25, 0.3) is 10.9 Å². The van der Waals surface area contributed by atoms with Gasteiger partial charge in [-0.05, 0) is 55.9 Å². The first-order chi connectivity index (χ1) is 14.6. The normalized spacial score (nSPS) is 20.8. The Balaban J connectivity index is 1.46. The quantitative estimate of drug-likeness (QED) is 0.706. The predicted octanol–water partition coefficient (Wildman–Crippen LogP) is 3.07. The van der Waals surface area contributed by atoms with Crippen molar-refractivity contribution in [3.63, 3.8) is 0 Å². The Morgan fingerprint density at radius 1 is 1.23 bits per heavy atom. The number of aromatic nitrogens is 1. The van der Waals surface area contributed by atoms with Crippen molar-refractivity contribution in [1.29, 1.82) is 5.26 Å². The summed E-state index contributed by atoms with van der Waals surface area (Å²) in [6.07, 6.45) is 9.18. The number of fused-ring (bicyclic) bond motifs is 1. The van der Waals surface area contributed by atoms with Crippen LogP contribution in [0, 0.1) is 17.2 Å². The number of benzene rings is 1. The van der Waals surface area contributed by atoms with Crippen LogP contribution >= 0.6 is 0 Å². The largest absolute Gasteiger partial charge is 0.361 e. The number of rotatable bonds is 5. The monoisotopic (exact) mass is 407 g/mol. The number of aromatic amines is 1. The summed E-state index contributed by atoms with van der Waals surface area (Å²) in [4.78, 5) is 30.2. The average Bonchev–Trinajstić information content (AvgIpc) is 3.40. The molecule has 1 aliphatic carbocycles. The zero-order chi connectivity index (χ0) is 21.1. The Hall–Kier alpha value is -2.85. The Labute approximate surface area is 176 Å². The van der Waals surface area contributed by atoms with E-state index in [0.29, 0.717) is 19.4 Å². The van der Waals surface area contributed by atoms with E-state index in [1.807, 2.05) is 24.4 Å². The molecule has 2 heterocycles. The van der Waals surface area contributed by atoms with Gasteiger partial charge in [0.15, 0.2) is 0 Å². The molecule has 2 amide bonds. The van der Waals surface area contributed by atoms with Crippen molar-refractivity contribution >= 4 is 28.4 Å². The third-order valence-corrected chi connectivity index (χ3v) is 6.45. The summed E-state index contributed by atoms with van der Waals surface area (Å²) in [5, 5.41) is 13.3.